The van der Waals surface area contributed by atoms with E-state index in [1.165, 1.54) is 0 Å². The van der Waals surface area contributed by atoms with Gasteiger partial charge in [0, 0.05) is 19.6 Å². The van der Waals surface area contributed by atoms with Crippen LogP contribution in [0.5, 0.6) is 0 Å². The van der Waals surface area contributed by atoms with E-state index >= 15 is 0 Å². The molecule has 4 heteroatoms. The lowest BCUT2D eigenvalue weighted by atomic mass is 10.0. The minimum absolute atomic E-state index is 0.0173. The third-order valence-electron chi connectivity index (χ3n) is 3.06. The highest BCUT2D eigenvalue weighted by atomic mass is 16.1. The van der Waals surface area contributed by atoms with Crippen LogP contribution in [0.4, 0.5) is 0 Å². The molecule has 0 spiro atoms. The average molecular weight is 183 g/mol. The van der Waals surface area contributed by atoms with Gasteiger partial charge in [-0.05, 0) is 19.9 Å². The molecule has 1 heterocycles. The normalized spacial score (nSPS) is 31.3. The van der Waals surface area contributed by atoms with Crippen molar-refractivity contribution in [3.8, 4) is 0 Å². The summed E-state index contributed by atoms with van der Waals surface area (Å²) in [5, 5.41) is 9.61. The predicted octanol–water partition coefficient (Wildman–Crippen LogP) is -1.13. The van der Waals surface area contributed by atoms with E-state index in [1.807, 2.05) is 7.05 Å². The maximum absolute atomic E-state index is 11.9. The molecule has 1 atom stereocenters. The lowest BCUT2D eigenvalue weighted by molar-refractivity contribution is -0.124. The molecule has 1 saturated heterocycles. The summed E-state index contributed by atoms with van der Waals surface area (Å²) in [6.45, 7) is 2.65. The van der Waals surface area contributed by atoms with E-state index in [2.05, 4.69) is 16.0 Å². The van der Waals surface area contributed by atoms with E-state index in [0.29, 0.717) is 5.78 Å². The molecule has 4 nitrogen and oxygen atoms in total. The predicted molar refractivity (Wildman–Crippen MR) is 50.7 cm³/mol. The molecule has 74 valence electrons. The highest BCUT2D eigenvalue weighted by Gasteiger charge is 2.50. The molecule has 1 aliphatic carbocycles. The van der Waals surface area contributed by atoms with E-state index in [4.69, 9.17) is 0 Å². The smallest absolute Gasteiger partial charge is 0.170 e. The first-order chi connectivity index (χ1) is 6.28. The molecule has 0 aromatic rings. The van der Waals surface area contributed by atoms with Gasteiger partial charge in [-0.25, -0.2) is 0 Å². The van der Waals surface area contributed by atoms with E-state index in [1.54, 1.807) is 0 Å². The van der Waals surface area contributed by atoms with E-state index in [0.717, 1.165) is 32.5 Å². The molecule has 3 N–H and O–H groups in total. The zero-order valence-corrected chi connectivity index (χ0v) is 8.02. The second-order valence-corrected chi connectivity index (χ2v) is 3.91. The van der Waals surface area contributed by atoms with Gasteiger partial charge in [0.1, 0.15) is 0 Å². The molecule has 1 saturated carbocycles. The summed E-state index contributed by atoms with van der Waals surface area (Å²) in [6.07, 6.45) is 2.00. The molecular formula is C9H17N3O. The van der Waals surface area contributed by atoms with Gasteiger partial charge in [-0.3, -0.25) is 4.79 Å². The van der Waals surface area contributed by atoms with Gasteiger partial charge < -0.3 is 16.0 Å². The zero-order valence-electron chi connectivity index (χ0n) is 8.02. The van der Waals surface area contributed by atoms with Crippen molar-refractivity contribution in [3.05, 3.63) is 0 Å². The molecule has 2 rings (SSSR count). The van der Waals surface area contributed by atoms with Gasteiger partial charge in [-0.1, -0.05) is 0 Å². The van der Waals surface area contributed by atoms with Crippen LogP contribution >= 0.6 is 0 Å². The fourth-order valence-electron chi connectivity index (χ4n) is 1.92. The van der Waals surface area contributed by atoms with Crippen LogP contribution in [0.3, 0.4) is 0 Å². The van der Waals surface area contributed by atoms with Crippen molar-refractivity contribution in [2.24, 2.45) is 0 Å². The molecule has 0 bridgehead atoms. The highest BCUT2D eigenvalue weighted by molar-refractivity contribution is 5.95. The van der Waals surface area contributed by atoms with Crippen molar-refractivity contribution >= 4 is 5.78 Å². The molecule has 0 radical (unpaired) electrons. The van der Waals surface area contributed by atoms with Gasteiger partial charge in [0.15, 0.2) is 5.78 Å². The highest BCUT2D eigenvalue weighted by Crippen LogP contribution is 2.36. The van der Waals surface area contributed by atoms with Gasteiger partial charge in [0.25, 0.3) is 0 Å². The Morgan fingerprint density at radius 1 is 1.46 bits per heavy atom. The Bertz CT molecular complexity index is 207. The van der Waals surface area contributed by atoms with Gasteiger partial charge in [-0.15, -0.1) is 0 Å². The number of carbonyl (C=O) groups is 1. The van der Waals surface area contributed by atoms with Crippen molar-refractivity contribution < 1.29 is 4.79 Å². The number of ketones is 1. The number of piperazine rings is 1. The number of likely N-dealkylation sites (N-methyl/N-ethyl adjacent to an activating group) is 1. The number of Topliss-reactive ketones (excluding diaryl/α,β-unsaturated/α-hetero) is 1. The minimum atomic E-state index is -0.184. The summed E-state index contributed by atoms with van der Waals surface area (Å²) in [4.78, 5) is 11.9. The SMILES string of the molecule is CNC1(C(=O)C2CNCCN2)CC1. The van der Waals surface area contributed by atoms with Crippen LogP contribution in [0.2, 0.25) is 0 Å². The fourth-order valence-corrected chi connectivity index (χ4v) is 1.92. The van der Waals surface area contributed by atoms with Crippen molar-refractivity contribution in [2.75, 3.05) is 26.7 Å². The molecule has 0 aromatic carbocycles. The second kappa shape index (κ2) is 3.36. The topological polar surface area (TPSA) is 53.2 Å². The van der Waals surface area contributed by atoms with E-state index in [-0.39, 0.29) is 11.6 Å². The Morgan fingerprint density at radius 2 is 2.23 bits per heavy atom. The first kappa shape index (κ1) is 9.12. The quantitative estimate of drug-likeness (QED) is 0.518. The number of rotatable bonds is 3. The lowest BCUT2D eigenvalue weighted by Gasteiger charge is -2.26. The standard InChI is InChI=1S/C9H17N3O/c1-10-9(2-3-9)8(13)7-6-11-4-5-12-7/h7,10-12H,2-6H2,1H3. The van der Waals surface area contributed by atoms with Gasteiger partial charge >= 0.3 is 0 Å². The molecule has 1 aliphatic heterocycles. The summed E-state index contributed by atoms with van der Waals surface area (Å²) < 4.78 is 0. The Balaban J connectivity index is 1.95. The molecule has 2 fully saturated rings. The second-order valence-electron chi connectivity index (χ2n) is 3.91. The number of hydrogen-bond acceptors (Lipinski definition) is 4. The molecule has 0 amide bonds. The fraction of sp³-hybridized carbons (Fsp3) is 0.889. The maximum Gasteiger partial charge on any atom is 0.170 e. The molecule has 13 heavy (non-hydrogen) atoms. The zero-order chi connectivity index (χ0) is 9.31. The van der Waals surface area contributed by atoms with Crippen LogP contribution in [0, 0.1) is 0 Å². The third kappa shape index (κ3) is 1.61. The first-order valence-corrected chi connectivity index (χ1v) is 4.96. The van der Waals surface area contributed by atoms with E-state index < -0.39 is 0 Å². The van der Waals surface area contributed by atoms with Gasteiger partial charge in [0.05, 0.1) is 11.6 Å². The van der Waals surface area contributed by atoms with Gasteiger partial charge in [0.2, 0.25) is 0 Å². The van der Waals surface area contributed by atoms with Crippen LogP contribution in [0.15, 0.2) is 0 Å². The van der Waals surface area contributed by atoms with Crippen LogP contribution < -0.4 is 16.0 Å². The molecule has 0 aromatic heterocycles. The van der Waals surface area contributed by atoms with Crippen molar-refractivity contribution in [1.29, 1.82) is 0 Å². The first-order valence-electron chi connectivity index (χ1n) is 4.96. The summed E-state index contributed by atoms with van der Waals surface area (Å²) in [6, 6.07) is 0.0173. The Labute approximate surface area is 78.5 Å². The van der Waals surface area contributed by atoms with E-state index in [9.17, 15) is 4.79 Å². The third-order valence-corrected chi connectivity index (χ3v) is 3.06. The molecule has 1 unspecified atom stereocenters. The van der Waals surface area contributed by atoms with Crippen LogP contribution in [-0.4, -0.2) is 44.0 Å². The monoisotopic (exact) mass is 183 g/mol. The summed E-state index contributed by atoms with van der Waals surface area (Å²) >= 11 is 0. The summed E-state index contributed by atoms with van der Waals surface area (Å²) in [5.41, 5.74) is -0.184. The van der Waals surface area contributed by atoms with Gasteiger partial charge in [-0.2, -0.15) is 0 Å². The number of carbonyl (C=O) groups excluding carboxylic acids is 1. The van der Waals surface area contributed by atoms with Crippen molar-refractivity contribution in [2.45, 2.75) is 24.4 Å². The number of nitrogens with one attached hydrogen (secondary N) is 3. The summed E-state index contributed by atoms with van der Waals surface area (Å²) in [5.74, 6) is 0.335. The Hall–Kier alpha value is -0.450. The molecule has 2 aliphatic rings. The maximum atomic E-state index is 11.9. The Kier molecular flexibility index (Phi) is 2.36. The molecular weight excluding hydrogens is 166 g/mol. The largest absolute Gasteiger partial charge is 0.313 e. The van der Waals surface area contributed by atoms with Crippen LogP contribution in [0.25, 0.3) is 0 Å². The van der Waals surface area contributed by atoms with Crippen molar-refractivity contribution in [1.82, 2.24) is 16.0 Å². The Morgan fingerprint density at radius 3 is 2.69 bits per heavy atom. The van der Waals surface area contributed by atoms with Crippen LogP contribution in [-0.2, 0) is 4.79 Å². The average Bonchev–Trinajstić information content (AvgIpc) is 2.99. The minimum Gasteiger partial charge on any atom is -0.313 e. The lowest BCUT2D eigenvalue weighted by Crippen LogP contribution is -2.57. The van der Waals surface area contributed by atoms with Crippen molar-refractivity contribution in [3.63, 3.8) is 0 Å². The summed E-state index contributed by atoms with van der Waals surface area (Å²) in [7, 11) is 1.88. The van der Waals surface area contributed by atoms with Crippen LogP contribution in [0.1, 0.15) is 12.8 Å². The number of hydrogen-bond donors (Lipinski definition) is 3.